The molecule has 27 heavy (non-hydrogen) atoms. The molecule has 1 aliphatic heterocycles. The van der Waals surface area contributed by atoms with Crippen molar-refractivity contribution in [3.63, 3.8) is 0 Å². The molecule has 1 aliphatic carbocycles. The lowest BCUT2D eigenvalue weighted by molar-refractivity contribution is -0.146. The zero-order valence-electron chi connectivity index (χ0n) is 16.0. The Labute approximate surface area is 159 Å². The summed E-state index contributed by atoms with van der Waals surface area (Å²) in [5, 5.41) is 5.49. The maximum atomic E-state index is 12.9. The van der Waals surface area contributed by atoms with Crippen LogP contribution < -0.4 is 20.1 Å². The second kappa shape index (κ2) is 8.33. The third-order valence-corrected chi connectivity index (χ3v) is 5.06. The van der Waals surface area contributed by atoms with Crippen molar-refractivity contribution in [2.75, 3.05) is 14.2 Å². The maximum absolute atomic E-state index is 12.9. The molecule has 1 aromatic rings. The number of hydrogen-bond acceptors (Lipinski definition) is 5. The molecule has 1 heterocycles. The molecule has 0 saturated heterocycles. The summed E-state index contributed by atoms with van der Waals surface area (Å²) >= 11 is 0. The molecule has 146 valence electrons. The van der Waals surface area contributed by atoms with Crippen LogP contribution in [0, 0.1) is 0 Å². The van der Waals surface area contributed by atoms with Gasteiger partial charge in [0.05, 0.1) is 25.8 Å². The molecule has 2 aliphatic rings. The van der Waals surface area contributed by atoms with E-state index in [1.165, 1.54) is 6.42 Å². The highest BCUT2D eigenvalue weighted by atomic mass is 16.5. The highest BCUT2D eigenvalue weighted by molar-refractivity contribution is 5.95. The average Bonchev–Trinajstić information content (AvgIpc) is 2.67. The number of carbonyl (C=O) groups is 2. The molecule has 0 aromatic heterocycles. The van der Waals surface area contributed by atoms with Crippen LogP contribution in [0.5, 0.6) is 11.5 Å². The first-order chi connectivity index (χ1) is 13.0. The van der Waals surface area contributed by atoms with Gasteiger partial charge in [0.2, 0.25) is 0 Å². The van der Waals surface area contributed by atoms with Gasteiger partial charge in [0, 0.05) is 5.70 Å². The van der Waals surface area contributed by atoms with Crippen LogP contribution in [0.1, 0.15) is 50.6 Å². The molecule has 1 aromatic carbocycles. The van der Waals surface area contributed by atoms with Gasteiger partial charge < -0.3 is 24.8 Å². The number of rotatable bonds is 5. The fourth-order valence-electron chi connectivity index (χ4n) is 3.64. The first kappa shape index (κ1) is 19.1. The van der Waals surface area contributed by atoms with Gasteiger partial charge in [-0.1, -0.05) is 12.5 Å². The quantitative estimate of drug-likeness (QED) is 0.773. The van der Waals surface area contributed by atoms with Crippen molar-refractivity contribution in [1.29, 1.82) is 0 Å². The number of methoxy groups -OCH3 is 2. The van der Waals surface area contributed by atoms with Crippen LogP contribution >= 0.6 is 0 Å². The normalized spacial score (nSPS) is 20.6. The van der Waals surface area contributed by atoms with Crippen LogP contribution in [0.4, 0.5) is 4.79 Å². The first-order valence-electron chi connectivity index (χ1n) is 9.24. The van der Waals surface area contributed by atoms with Crippen molar-refractivity contribution in [2.45, 2.75) is 51.2 Å². The SMILES string of the molecule is COc1ccc([C@@H]2NC(=O)NC(C)=C2C(=O)OC2CCCCC2)cc1OC. The molecule has 3 rings (SSSR count). The van der Waals surface area contributed by atoms with Crippen LogP contribution in [-0.4, -0.2) is 32.3 Å². The number of esters is 1. The van der Waals surface area contributed by atoms with E-state index in [9.17, 15) is 9.59 Å². The highest BCUT2D eigenvalue weighted by Gasteiger charge is 2.34. The summed E-state index contributed by atoms with van der Waals surface area (Å²) in [5.41, 5.74) is 1.63. The molecule has 0 unspecified atom stereocenters. The molecule has 0 bridgehead atoms. The molecule has 0 spiro atoms. The number of nitrogens with one attached hydrogen (secondary N) is 2. The molecule has 7 heteroatoms. The van der Waals surface area contributed by atoms with Gasteiger partial charge in [0.1, 0.15) is 6.10 Å². The third-order valence-electron chi connectivity index (χ3n) is 5.06. The Bertz CT molecular complexity index is 753. The van der Waals surface area contributed by atoms with E-state index in [0.29, 0.717) is 22.8 Å². The number of carbonyl (C=O) groups excluding carboxylic acids is 2. The fourth-order valence-corrected chi connectivity index (χ4v) is 3.64. The Morgan fingerprint density at radius 2 is 1.78 bits per heavy atom. The lowest BCUT2D eigenvalue weighted by Crippen LogP contribution is -2.45. The van der Waals surface area contributed by atoms with Crippen molar-refractivity contribution in [3.05, 3.63) is 35.0 Å². The highest BCUT2D eigenvalue weighted by Crippen LogP contribution is 2.35. The molecule has 1 saturated carbocycles. The maximum Gasteiger partial charge on any atom is 0.338 e. The van der Waals surface area contributed by atoms with Crippen molar-refractivity contribution < 1.29 is 23.8 Å². The smallest absolute Gasteiger partial charge is 0.338 e. The minimum atomic E-state index is -0.616. The predicted molar refractivity (Wildman–Crippen MR) is 99.6 cm³/mol. The third kappa shape index (κ3) is 4.18. The van der Waals surface area contributed by atoms with Crippen molar-refractivity contribution in [1.82, 2.24) is 10.6 Å². The summed E-state index contributed by atoms with van der Waals surface area (Å²) in [6.45, 7) is 1.71. The van der Waals surface area contributed by atoms with Gasteiger partial charge >= 0.3 is 12.0 Å². The summed E-state index contributed by atoms with van der Waals surface area (Å²) < 4.78 is 16.4. The van der Waals surface area contributed by atoms with Gasteiger partial charge in [0.15, 0.2) is 11.5 Å². The molecule has 2 N–H and O–H groups in total. The van der Waals surface area contributed by atoms with E-state index in [-0.39, 0.29) is 12.1 Å². The standard InChI is InChI=1S/C20H26N2O5/c1-12-17(19(23)27-14-7-5-4-6-8-14)18(22-20(24)21-12)13-9-10-15(25-2)16(11-13)26-3/h9-11,14,18H,4-8H2,1-3H3,(H2,21,22,24)/t18-/m0/s1. The van der Waals surface area contributed by atoms with E-state index in [1.807, 2.05) is 0 Å². The lowest BCUT2D eigenvalue weighted by atomic mass is 9.94. The number of urea groups is 1. The van der Waals surface area contributed by atoms with Gasteiger partial charge in [-0.2, -0.15) is 0 Å². The van der Waals surface area contributed by atoms with Gasteiger partial charge in [-0.25, -0.2) is 9.59 Å². The fraction of sp³-hybridized carbons (Fsp3) is 0.500. The summed E-state index contributed by atoms with van der Waals surface area (Å²) in [7, 11) is 3.10. The van der Waals surface area contributed by atoms with E-state index in [0.717, 1.165) is 31.2 Å². The molecular weight excluding hydrogens is 348 g/mol. The minimum absolute atomic E-state index is 0.0600. The monoisotopic (exact) mass is 374 g/mol. The van der Waals surface area contributed by atoms with Crippen LogP contribution in [-0.2, 0) is 9.53 Å². The Morgan fingerprint density at radius 1 is 1.07 bits per heavy atom. The minimum Gasteiger partial charge on any atom is -0.493 e. The van der Waals surface area contributed by atoms with Gasteiger partial charge in [-0.15, -0.1) is 0 Å². The van der Waals surface area contributed by atoms with E-state index < -0.39 is 12.0 Å². The van der Waals surface area contributed by atoms with E-state index in [1.54, 1.807) is 39.3 Å². The van der Waals surface area contributed by atoms with E-state index in [4.69, 9.17) is 14.2 Å². The van der Waals surface area contributed by atoms with Crippen molar-refractivity contribution in [3.8, 4) is 11.5 Å². The molecule has 1 fully saturated rings. The molecule has 1 atom stereocenters. The molecule has 2 amide bonds. The molecular formula is C20H26N2O5. The summed E-state index contributed by atoms with van der Waals surface area (Å²) in [5.74, 6) is 0.709. The predicted octanol–water partition coefficient (Wildman–Crippen LogP) is 3.21. The Hall–Kier alpha value is -2.70. The van der Waals surface area contributed by atoms with Crippen LogP contribution in [0.15, 0.2) is 29.5 Å². The average molecular weight is 374 g/mol. The van der Waals surface area contributed by atoms with Gasteiger partial charge in [0.25, 0.3) is 0 Å². The zero-order valence-corrected chi connectivity index (χ0v) is 16.0. The second-order valence-electron chi connectivity index (χ2n) is 6.85. The van der Waals surface area contributed by atoms with Crippen molar-refractivity contribution in [2.24, 2.45) is 0 Å². The molecule has 7 nitrogen and oxygen atoms in total. The van der Waals surface area contributed by atoms with Gasteiger partial charge in [-0.05, 0) is 50.3 Å². The number of allylic oxidation sites excluding steroid dienone is 1. The topological polar surface area (TPSA) is 85.9 Å². The van der Waals surface area contributed by atoms with E-state index >= 15 is 0 Å². The van der Waals surface area contributed by atoms with Crippen LogP contribution in [0.25, 0.3) is 0 Å². The number of hydrogen-bond donors (Lipinski definition) is 2. The number of benzene rings is 1. The number of ether oxygens (including phenoxy) is 3. The van der Waals surface area contributed by atoms with E-state index in [2.05, 4.69) is 10.6 Å². The second-order valence-corrected chi connectivity index (χ2v) is 6.85. The Balaban J connectivity index is 1.90. The van der Waals surface area contributed by atoms with Gasteiger partial charge in [-0.3, -0.25) is 0 Å². The zero-order chi connectivity index (χ0) is 19.4. The number of amides is 2. The summed E-state index contributed by atoms with van der Waals surface area (Å²) in [6, 6.07) is 4.34. The Morgan fingerprint density at radius 3 is 2.44 bits per heavy atom. The largest absolute Gasteiger partial charge is 0.493 e. The van der Waals surface area contributed by atoms with Crippen molar-refractivity contribution >= 4 is 12.0 Å². The lowest BCUT2D eigenvalue weighted by Gasteiger charge is -2.30. The summed E-state index contributed by atoms with van der Waals surface area (Å²) in [4.78, 5) is 24.9. The Kier molecular flexibility index (Phi) is 5.88. The first-order valence-corrected chi connectivity index (χ1v) is 9.24. The van der Waals surface area contributed by atoms with Crippen LogP contribution in [0.2, 0.25) is 0 Å². The molecule has 0 radical (unpaired) electrons. The summed E-state index contributed by atoms with van der Waals surface area (Å²) in [6.07, 6.45) is 5.04. The van der Waals surface area contributed by atoms with Crippen LogP contribution in [0.3, 0.4) is 0 Å².